The average Bonchev–Trinajstić information content (AvgIpc) is 2.73. The molecule has 0 N–H and O–H groups in total. The number of ketones is 1. The number of rotatable bonds is 1. The summed E-state index contributed by atoms with van der Waals surface area (Å²) in [4.78, 5) is 11.7. The summed E-state index contributed by atoms with van der Waals surface area (Å²) in [5.41, 5.74) is 2.73. The van der Waals surface area contributed by atoms with E-state index in [4.69, 9.17) is 4.74 Å². The third kappa shape index (κ3) is 1.31. The molecule has 2 nitrogen and oxygen atoms in total. The maximum absolute atomic E-state index is 11.7. The monoisotopic (exact) mass is 210 g/mol. The first-order valence-corrected chi connectivity index (χ1v) is 5.21. The summed E-state index contributed by atoms with van der Waals surface area (Å²) in [5.74, 6) is 0.765. The minimum atomic E-state index is 0.0643. The Hall–Kier alpha value is -2.09. The Morgan fingerprint density at radius 2 is 1.75 bits per heavy atom. The average molecular weight is 210 g/mol. The van der Waals surface area contributed by atoms with Crippen molar-refractivity contribution in [2.45, 2.75) is 0 Å². The van der Waals surface area contributed by atoms with Crippen molar-refractivity contribution in [3.8, 4) is 16.9 Å². The van der Waals surface area contributed by atoms with Crippen molar-refractivity contribution in [1.82, 2.24) is 0 Å². The van der Waals surface area contributed by atoms with E-state index in [1.165, 1.54) is 0 Å². The zero-order valence-corrected chi connectivity index (χ0v) is 8.64. The van der Waals surface area contributed by atoms with E-state index in [1.807, 2.05) is 48.5 Å². The van der Waals surface area contributed by atoms with Gasteiger partial charge in [-0.05, 0) is 17.2 Å². The molecule has 0 unspecified atom stereocenters. The summed E-state index contributed by atoms with van der Waals surface area (Å²) in [6, 6.07) is 15.6. The second-order valence-corrected chi connectivity index (χ2v) is 3.76. The number of Topliss-reactive ketones (excluding diaryl/α,β-unsaturated/α-hetero) is 1. The largest absolute Gasteiger partial charge is 0.485 e. The lowest BCUT2D eigenvalue weighted by atomic mass is 9.98. The fourth-order valence-corrected chi connectivity index (χ4v) is 2.01. The Morgan fingerprint density at radius 3 is 2.56 bits per heavy atom. The SMILES string of the molecule is O=C1COc2cccc(-c3ccccc3)c21. The number of hydrogen-bond acceptors (Lipinski definition) is 2. The van der Waals surface area contributed by atoms with Gasteiger partial charge in [-0.3, -0.25) is 4.79 Å². The summed E-state index contributed by atoms with van der Waals surface area (Å²) in [6.07, 6.45) is 0. The lowest BCUT2D eigenvalue weighted by Crippen LogP contribution is -2.00. The van der Waals surface area contributed by atoms with Crippen molar-refractivity contribution in [1.29, 1.82) is 0 Å². The summed E-state index contributed by atoms with van der Waals surface area (Å²) >= 11 is 0. The van der Waals surface area contributed by atoms with Gasteiger partial charge in [0.15, 0.2) is 6.61 Å². The molecule has 2 aromatic carbocycles. The summed E-state index contributed by atoms with van der Waals surface area (Å²) in [6.45, 7) is 0.166. The minimum absolute atomic E-state index is 0.0643. The Balaban J connectivity index is 2.23. The van der Waals surface area contributed by atoms with Gasteiger partial charge in [0.1, 0.15) is 5.75 Å². The van der Waals surface area contributed by atoms with Crippen molar-refractivity contribution in [2.24, 2.45) is 0 Å². The second-order valence-electron chi connectivity index (χ2n) is 3.76. The van der Waals surface area contributed by atoms with Gasteiger partial charge in [0.05, 0.1) is 5.56 Å². The number of fused-ring (bicyclic) bond motifs is 1. The fourth-order valence-electron chi connectivity index (χ4n) is 2.01. The molecule has 0 amide bonds. The zero-order valence-electron chi connectivity index (χ0n) is 8.64. The summed E-state index contributed by atoms with van der Waals surface area (Å²) < 4.78 is 5.32. The van der Waals surface area contributed by atoms with Crippen molar-refractivity contribution >= 4 is 5.78 Å². The van der Waals surface area contributed by atoms with Crippen LogP contribution in [-0.4, -0.2) is 12.4 Å². The normalized spacial score (nSPS) is 13.4. The molecule has 0 aromatic heterocycles. The lowest BCUT2D eigenvalue weighted by Gasteiger charge is -2.05. The minimum Gasteiger partial charge on any atom is -0.485 e. The Kier molecular flexibility index (Phi) is 2.00. The molecule has 0 aliphatic carbocycles. The van der Waals surface area contributed by atoms with E-state index in [1.54, 1.807) is 0 Å². The van der Waals surface area contributed by atoms with E-state index in [-0.39, 0.29) is 12.4 Å². The highest BCUT2D eigenvalue weighted by atomic mass is 16.5. The second kappa shape index (κ2) is 3.49. The molecule has 1 aliphatic heterocycles. The van der Waals surface area contributed by atoms with E-state index in [0.29, 0.717) is 11.3 Å². The van der Waals surface area contributed by atoms with Crippen LogP contribution in [0.3, 0.4) is 0 Å². The smallest absolute Gasteiger partial charge is 0.204 e. The summed E-state index contributed by atoms with van der Waals surface area (Å²) in [7, 11) is 0. The predicted molar refractivity (Wildman–Crippen MR) is 61.7 cm³/mol. The van der Waals surface area contributed by atoms with E-state index < -0.39 is 0 Å². The highest BCUT2D eigenvalue weighted by Crippen LogP contribution is 2.34. The van der Waals surface area contributed by atoms with Gasteiger partial charge in [-0.1, -0.05) is 42.5 Å². The van der Waals surface area contributed by atoms with E-state index >= 15 is 0 Å². The van der Waals surface area contributed by atoms with Crippen molar-refractivity contribution in [3.63, 3.8) is 0 Å². The Labute approximate surface area is 93.5 Å². The van der Waals surface area contributed by atoms with E-state index in [2.05, 4.69) is 0 Å². The summed E-state index contributed by atoms with van der Waals surface area (Å²) in [5, 5.41) is 0. The van der Waals surface area contributed by atoms with E-state index in [9.17, 15) is 4.79 Å². The highest BCUT2D eigenvalue weighted by Gasteiger charge is 2.24. The highest BCUT2D eigenvalue weighted by molar-refractivity contribution is 6.07. The van der Waals surface area contributed by atoms with Gasteiger partial charge in [-0.15, -0.1) is 0 Å². The maximum atomic E-state index is 11.7. The van der Waals surface area contributed by atoms with Crippen LogP contribution >= 0.6 is 0 Å². The van der Waals surface area contributed by atoms with Gasteiger partial charge in [0, 0.05) is 0 Å². The number of hydrogen-bond donors (Lipinski definition) is 0. The quantitative estimate of drug-likeness (QED) is 0.723. The molecule has 78 valence electrons. The van der Waals surface area contributed by atoms with E-state index in [0.717, 1.165) is 11.1 Å². The molecule has 1 aliphatic rings. The molecule has 0 bridgehead atoms. The molecule has 0 saturated carbocycles. The standard InChI is InChI=1S/C14H10O2/c15-12-9-16-13-8-4-7-11(14(12)13)10-5-2-1-3-6-10/h1-8H,9H2. The van der Waals surface area contributed by atoms with Crippen LogP contribution in [0.1, 0.15) is 10.4 Å². The number of ether oxygens (including phenoxy) is 1. The van der Waals surface area contributed by atoms with Crippen LogP contribution in [0.5, 0.6) is 5.75 Å². The maximum Gasteiger partial charge on any atom is 0.204 e. The molecule has 2 heteroatoms. The molecule has 0 radical (unpaired) electrons. The first-order chi connectivity index (χ1) is 7.86. The molecule has 0 fully saturated rings. The molecule has 0 spiro atoms. The van der Waals surface area contributed by atoms with Crippen LogP contribution < -0.4 is 4.74 Å². The number of carbonyl (C=O) groups excluding carboxylic acids is 1. The molecular formula is C14H10O2. The molecule has 3 rings (SSSR count). The van der Waals surface area contributed by atoms with Gasteiger partial charge in [0.25, 0.3) is 0 Å². The van der Waals surface area contributed by atoms with Crippen LogP contribution in [0.25, 0.3) is 11.1 Å². The van der Waals surface area contributed by atoms with Crippen molar-refractivity contribution < 1.29 is 9.53 Å². The van der Waals surface area contributed by atoms with Crippen LogP contribution in [0.2, 0.25) is 0 Å². The first kappa shape index (κ1) is 9.16. The topological polar surface area (TPSA) is 26.3 Å². The predicted octanol–water partition coefficient (Wildman–Crippen LogP) is 2.93. The Morgan fingerprint density at radius 1 is 0.938 bits per heavy atom. The van der Waals surface area contributed by atoms with Gasteiger partial charge in [-0.2, -0.15) is 0 Å². The van der Waals surface area contributed by atoms with Crippen molar-refractivity contribution in [2.75, 3.05) is 6.61 Å². The zero-order chi connectivity index (χ0) is 11.0. The van der Waals surface area contributed by atoms with Crippen LogP contribution in [0, 0.1) is 0 Å². The third-order valence-corrected chi connectivity index (χ3v) is 2.75. The first-order valence-electron chi connectivity index (χ1n) is 5.21. The molecule has 2 aromatic rings. The molecule has 0 saturated heterocycles. The molecule has 1 heterocycles. The Bertz CT molecular complexity index is 544. The molecular weight excluding hydrogens is 200 g/mol. The fraction of sp³-hybridized carbons (Fsp3) is 0.0714. The van der Waals surface area contributed by atoms with Crippen LogP contribution in [0.4, 0.5) is 0 Å². The molecule has 16 heavy (non-hydrogen) atoms. The van der Waals surface area contributed by atoms with Crippen LogP contribution in [-0.2, 0) is 0 Å². The van der Waals surface area contributed by atoms with Gasteiger partial charge < -0.3 is 4.74 Å². The van der Waals surface area contributed by atoms with Gasteiger partial charge in [0.2, 0.25) is 5.78 Å². The third-order valence-electron chi connectivity index (χ3n) is 2.75. The van der Waals surface area contributed by atoms with Gasteiger partial charge >= 0.3 is 0 Å². The molecule has 0 atom stereocenters. The number of benzene rings is 2. The lowest BCUT2D eigenvalue weighted by molar-refractivity contribution is 0.0961. The van der Waals surface area contributed by atoms with Crippen LogP contribution in [0.15, 0.2) is 48.5 Å². The number of carbonyl (C=O) groups is 1. The van der Waals surface area contributed by atoms with Crippen molar-refractivity contribution in [3.05, 3.63) is 54.1 Å². The van der Waals surface area contributed by atoms with Gasteiger partial charge in [-0.25, -0.2) is 0 Å².